The van der Waals surface area contributed by atoms with E-state index in [9.17, 15) is 70.2 Å². The van der Waals surface area contributed by atoms with Crippen molar-refractivity contribution in [2.45, 2.75) is 108 Å². The van der Waals surface area contributed by atoms with Crippen LogP contribution in [0.3, 0.4) is 0 Å². The molecule has 0 spiro atoms. The number of hydrogen-bond donors (Lipinski definition) is 0. The molecule has 0 saturated heterocycles. The lowest BCUT2D eigenvalue weighted by molar-refractivity contribution is -0.306. The van der Waals surface area contributed by atoms with Crippen molar-refractivity contribution in [1.29, 1.82) is 0 Å². The highest BCUT2D eigenvalue weighted by molar-refractivity contribution is 5.67. The van der Waals surface area contributed by atoms with Gasteiger partial charge < -0.3 is 9.47 Å². The molecule has 334 valence electrons. The van der Waals surface area contributed by atoms with Gasteiger partial charge in [-0.1, -0.05) is 63.8 Å². The first-order valence-corrected chi connectivity index (χ1v) is 19.1. The second kappa shape index (κ2) is 18.8. The Morgan fingerprint density at radius 3 is 1.31 bits per heavy atom. The van der Waals surface area contributed by atoms with Gasteiger partial charge in [0.05, 0.1) is 5.56 Å². The van der Waals surface area contributed by atoms with E-state index in [0.717, 1.165) is 74.3 Å². The van der Waals surface area contributed by atoms with Gasteiger partial charge >= 0.3 is 24.8 Å². The highest BCUT2D eigenvalue weighted by Gasteiger charge is 2.60. The molecule has 61 heavy (non-hydrogen) atoms. The molecule has 2 atom stereocenters. The van der Waals surface area contributed by atoms with Crippen molar-refractivity contribution >= 4 is 0 Å². The number of alkyl halides is 10. The Morgan fingerprint density at radius 1 is 0.475 bits per heavy atom. The molecule has 0 amide bonds. The van der Waals surface area contributed by atoms with Crippen LogP contribution in [0.25, 0.3) is 22.3 Å². The van der Waals surface area contributed by atoms with Crippen molar-refractivity contribution in [1.82, 2.24) is 0 Å². The van der Waals surface area contributed by atoms with Crippen LogP contribution in [0.2, 0.25) is 0 Å². The summed E-state index contributed by atoms with van der Waals surface area (Å²) in [5.74, 6) is -11.0. The van der Waals surface area contributed by atoms with Gasteiger partial charge in [-0.3, -0.25) is 0 Å². The van der Waals surface area contributed by atoms with E-state index in [1.165, 1.54) is 0 Å². The molecule has 2 aliphatic rings. The van der Waals surface area contributed by atoms with Gasteiger partial charge in [-0.05, 0) is 114 Å². The van der Waals surface area contributed by atoms with Gasteiger partial charge in [-0.2, -0.15) is 39.5 Å². The van der Waals surface area contributed by atoms with Gasteiger partial charge in [0.15, 0.2) is 34.8 Å². The van der Waals surface area contributed by atoms with Gasteiger partial charge in [-0.15, -0.1) is 0 Å². The molecule has 2 saturated carbocycles. The molecular formula is C43H38F16O2. The van der Waals surface area contributed by atoms with Gasteiger partial charge in [0.2, 0.25) is 0 Å². The summed E-state index contributed by atoms with van der Waals surface area (Å²) in [4.78, 5) is 0. The fraction of sp³-hybridized carbons (Fsp3) is 0.442. The summed E-state index contributed by atoms with van der Waals surface area (Å²) in [6.45, 7) is 4.29. The fourth-order valence-electron chi connectivity index (χ4n) is 7.43. The minimum absolute atomic E-state index is 0.104. The Balaban J connectivity index is 0.000000234. The SMILES string of the molecule is CC1CCC(c2cc(F)c(-c3cc(F)c(OC(F)(F)C(F)C(F)(F)F)c(F)c3)c(F)c2)CC1.CC1CCC(c2ccc(-c3cc(F)c(OC(F)C(F)(F)F)c(F)c3)cc2)CC1. The van der Waals surface area contributed by atoms with Crippen LogP contribution in [-0.4, -0.2) is 31.0 Å². The van der Waals surface area contributed by atoms with Crippen molar-refractivity contribution in [3.05, 3.63) is 107 Å². The fourth-order valence-corrected chi connectivity index (χ4v) is 7.43. The van der Waals surface area contributed by atoms with Crippen LogP contribution < -0.4 is 9.47 Å². The monoisotopic (exact) mass is 890 g/mol. The van der Waals surface area contributed by atoms with Crippen molar-refractivity contribution < 1.29 is 79.7 Å². The summed E-state index contributed by atoms with van der Waals surface area (Å²) in [5.41, 5.74) is 0.549. The van der Waals surface area contributed by atoms with Gasteiger partial charge in [0.1, 0.15) is 11.6 Å². The summed E-state index contributed by atoms with van der Waals surface area (Å²) in [6.07, 6.45) is -18.1. The predicted molar refractivity (Wildman–Crippen MR) is 192 cm³/mol. The Bertz CT molecular complexity index is 2050. The van der Waals surface area contributed by atoms with Crippen LogP contribution >= 0.6 is 0 Å². The highest BCUT2D eigenvalue weighted by Crippen LogP contribution is 2.42. The molecule has 2 unspecified atom stereocenters. The highest BCUT2D eigenvalue weighted by atomic mass is 19.4. The van der Waals surface area contributed by atoms with E-state index in [4.69, 9.17) is 0 Å². The molecule has 18 heteroatoms. The Morgan fingerprint density at radius 2 is 0.885 bits per heavy atom. The van der Waals surface area contributed by atoms with Crippen LogP contribution in [-0.2, 0) is 0 Å². The quantitative estimate of drug-likeness (QED) is 0.156. The van der Waals surface area contributed by atoms with E-state index in [1.807, 2.05) is 12.1 Å². The smallest absolute Gasteiger partial charge is 0.446 e. The summed E-state index contributed by atoms with van der Waals surface area (Å²) in [5, 5.41) is 0. The van der Waals surface area contributed by atoms with Crippen molar-refractivity contribution in [2.75, 3.05) is 0 Å². The third-order valence-corrected chi connectivity index (χ3v) is 10.9. The van der Waals surface area contributed by atoms with Crippen molar-refractivity contribution in [2.24, 2.45) is 11.8 Å². The van der Waals surface area contributed by atoms with E-state index in [-0.39, 0.29) is 23.6 Å². The molecule has 0 N–H and O–H groups in total. The standard InChI is InChI=1S/C22H18F10O.C21H20F6O/c1-10-2-4-11(5-3-10)12-6-14(23)18(15(24)7-12)13-8-16(25)19(17(26)9-13)33-22(31,32)20(27)21(28,29)30;1-12-2-4-13(5-3-12)14-6-8-15(9-7-14)16-10-17(22)19(18(23)11-16)28-20(24)21(25,26)27/h6-11,20H,2-5H2,1H3;6-13,20H,2-5H2,1H3. The largest absolute Gasteiger partial charge is 0.457 e. The van der Waals surface area contributed by atoms with Crippen LogP contribution in [0.1, 0.15) is 88.2 Å². The second-order valence-corrected chi connectivity index (χ2v) is 15.5. The van der Waals surface area contributed by atoms with Crippen LogP contribution in [0.5, 0.6) is 11.5 Å². The number of ether oxygens (including phenoxy) is 2. The molecule has 2 nitrogen and oxygen atoms in total. The molecule has 2 aliphatic carbocycles. The molecule has 0 radical (unpaired) electrons. The molecule has 0 aromatic heterocycles. The van der Waals surface area contributed by atoms with E-state index < -0.39 is 88.5 Å². The van der Waals surface area contributed by atoms with Gasteiger partial charge in [0.25, 0.3) is 6.17 Å². The maximum absolute atomic E-state index is 14.7. The minimum Gasteiger partial charge on any atom is -0.446 e. The molecule has 0 heterocycles. The molecule has 0 bridgehead atoms. The molecule has 4 aromatic rings. The molecule has 4 aromatic carbocycles. The molecule has 2 fully saturated rings. The zero-order chi connectivity index (χ0) is 45.2. The lowest BCUT2D eigenvalue weighted by Crippen LogP contribution is -2.46. The average Bonchev–Trinajstić information content (AvgIpc) is 3.17. The Kier molecular flexibility index (Phi) is 14.6. The third kappa shape index (κ3) is 11.6. The minimum atomic E-state index is -6.07. The third-order valence-electron chi connectivity index (χ3n) is 10.9. The molecule has 6 rings (SSSR count). The number of rotatable bonds is 9. The average molecular weight is 891 g/mol. The van der Waals surface area contributed by atoms with Crippen LogP contribution in [0.4, 0.5) is 70.2 Å². The van der Waals surface area contributed by atoms with E-state index in [0.29, 0.717) is 35.8 Å². The van der Waals surface area contributed by atoms with Crippen LogP contribution in [0, 0.1) is 46.7 Å². The summed E-state index contributed by atoms with van der Waals surface area (Å²) >= 11 is 0. The van der Waals surface area contributed by atoms with Crippen molar-refractivity contribution in [3.8, 4) is 33.8 Å². The first-order chi connectivity index (χ1) is 28.3. The van der Waals surface area contributed by atoms with Gasteiger partial charge in [-0.25, -0.2) is 30.7 Å². The number of halogens is 16. The molecule has 0 aliphatic heterocycles. The lowest BCUT2D eigenvalue weighted by Gasteiger charge is -2.27. The Hall–Kier alpha value is -4.64. The maximum atomic E-state index is 14.7. The van der Waals surface area contributed by atoms with E-state index >= 15 is 0 Å². The summed E-state index contributed by atoms with van der Waals surface area (Å²) < 4.78 is 219. The predicted octanol–water partition coefficient (Wildman–Crippen LogP) is 15.2. The normalized spacial score (nSPS) is 21.0. The van der Waals surface area contributed by atoms with E-state index in [2.05, 4.69) is 23.3 Å². The van der Waals surface area contributed by atoms with Crippen molar-refractivity contribution in [3.63, 3.8) is 0 Å². The topological polar surface area (TPSA) is 18.5 Å². The number of hydrogen-bond acceptors (Lipinski definition) is 2. The van der Waals surface area contributed by atoms with Gasteiger partial charge in [0, 0.05) is 0 Å². The second-order valence-electron chi connectivity index (χ2n) is 15.5. The Labute approximate surface area is 339 Å². The first-order valence-electron chi connectivity index (χ1n) is 19.1. The lowest BCUT2D eigenvalue weighted by atomic mass is 9.79. The summed E-state index contributed by atoms with van der Waals surface area (Å²) in [6, 6.07) is 11.4. The zero-order valence-corrected chi connectivity index (χ0v) is 32.3. The maximum Gasteiger partial charge on any atom is 0.457 e. The van der Waals surface area contributed by atoms with E-state index in [1.54, 1.807) is 12.1 Å². The number of benzene rings is 4. The summed E-state index contributed by atoms with van der Waals surface area (Å²) in [7, 11) is 0. The zero-order valence-electron chi connectivity index (χ0n) is 32.3. The molecular weight excluding hydrogens is 852 g/mol. The van der Waals surface area contributed by atoms with Crippen LogP contribution in [0.15, 0.2) is 60.7 Å². The first kappa shape index (κ1) is 47.4.